The predicted molar refractivity (Wildman–Crippen MR) is 66.0 cm³/mol. The van der Waals surface area contributed by atoms with Gasteiger partial charge in [0.25, 0.3) is 0 Å². The lowest BCUT2D eigenvalue weighted by molar-refractivity contribution is 0.101. The van der Waals surface area contributed by atoms with Crippen LogP contribution in [0.25, 0.3) is 5.69 Å². The lowest BCUT2D eigenvalue weighted by Gasteiger charge is -2.04. The fourth-order valence-corrected chi connectivity index (χ4v) is 1.79. The molecule has 2 rings (SSSR count). The fraction of sp³-hybridized carbons (Fsp3) is 0.167. The van der Waals surface area contributed by atoms with Crippen LogP contribution in [0.5, 0.6) is 0 Å². The summed E-state index contributed by atoms with van der Waals surface area (Å²) in [5, 5.41) is 4.31. The van der Waals surface area contributed by atoms with E-state index in [0.717, 1.165) is 15.9 Å². The number of carbonyl (C=O) groups is 1. The highest BCUT2D eigenvalue weighted by Gasteiger charge is 2.10. The number of benzene rings is 1. The van der Waals surface area contributed by atoms with Gasteiger partial charge in [-0.05, 0) is 37.3 Å². The topological polar surface area (TPSA) is 34.9 Å². The van der Waals surface area contributed by atoms with E-state index in [0.29, 0.717) is 5.69 Å². The number of ketones is 1. The standard InChI is InChI=1S/C12H11BrN2O/c1-8-7-12(9(2)16)15(14-8)11-5-3-10(13)4-6-11/h3-7H,1-2H3. The van der Waals surface area contributed by atoms with E-state index in [1.807, 2.05) is 31.2 Å². The summed E-state index contributed by atoms with van der Waals surface area (Å²) in [5.41, 5.74) is 2.34. The molecule has 82 valence electrons. The highest BCUT2D eigenvalue weighted by molar-refractivity contribution is 9.10. The van der Waals surface area contributed by atoms with Gasteiger partial charge in [-0.25, -0.2) is 4.68 Å². The first kappa shape index (κ1) is 11.1. The van der Waals surface area contributed by atoms with Crippen molar-refractivity contribution in [1.29, 1.82) is 0 Å². The quantitative estimate of drug-likeness (QED) is 0.791. The minimum atomic E-state index is 0.0171. The van der Waals surface area contributed by atoms with Crippen LogP contribution in [0.2, 0.25) is 0 Å². The first-order chi connectivity index (χ1) is 7.58. The zero-order chi connectivity index (χ0) is 11.7. The number of halogens is 1. The first-order valence-corrected chi connectivity index (χ1v) is 5.71. The van der Waals surface area contributed by atoms with Crippen molar-refractivity contribution in [2.24, 2.45) is 0 Å². The number of aryl methyl sites for hydroxylation is 1. The van der Waals surface area contributed by atoms with Crippen LogP contribution in [0.15, 0.2) is 34.8 Å². The van der Waals surface area contributed by atoms with Crippen molar-refractivity contribution in [3.8, 4) is 5.69 Å². The largest absolute Gasteiger partial charge is 0.293 e. The SMILES string of the molecule is CC(=O)c1cc(C)nn1-c1ccc(Br)cc1. The molecule has 0 aliphatic carbocycles. The molecule has 1 aromatic heterocycles. The van der Waals surface area contributed by atoms with E-state index in [1.54, 1.807) is 17.7 Å². The Bertz CT molecular complexity index is 528. The van der Waals surface area contributed by atoms with E-state index in [2.05, 4.69) is 21.0 Å². The highest BCUT2D eigenvalue weighted by Crippen LogP contribution is 2.16. The van der Waals surface area contributed by atoms with Gasteiger partial charge < -0.3 is 0 Å². The summed E-state index contributed by atoms with van der Waals surface area (Å²) in [6.45, 7) is 3.42. The molecule has 16 heavy (non-hydrogen) atoms. The summed E-state index contributed by atoms with van der Waals surface area (Å²) in [6.07, 6.45) is 0. The van der Waals surface area contributed by atoms with Crippen molar-refractivity contribution in [2.45, 2.75) is 13.8 Å². The molecule has 0 amide bonds. The molecule has 0 aliphatic heterocycles. The molecule has 0 bridgehead atoms. The number of carbonyl (C=O) groups excluding carboxylic acids is 1. The normalized spacial score (nSPS) is 10.4. The molecule has 4 heteroatoms. The Morgan fingerprint density at radius 3 is 2.50 bits per heavy atom. The van der Waals surface area contributed by atoms with Crippen molar-refractivity contribution in [2.75, 3.05) is 0 Å². The Labute approximate surface area is 102 Å². The Hall–Kier alpha value is -1.42. The Morgan fingerprint density at radius 1 is 1.31 bits per heavy atom. The molecule has 0 fully saturated rings. The molecule has 3 nitrogen and oxygen atoms in total. The molecule has 0 N–H and O–H groups in total. The van der Waals surface area contributed by atoms with Gasteiger partial charge in [0, 0.05) is 11.4 Å². The minimum Gasteiger partial charge on any atom is -0.293 e. The van der Waals surface area contributed by atoms with Crippen LogP contribution in [0, 0.1) is 6.92 Å². The highest BCUT2D eigenvalue weighted by atomic mass is 79.9. The number of nitrogens with zero attached hydrogens (tertiary/aromatic N) is 2. The third-order valence-electron chi connectivity index (χ3n) is 2.26. The molecule has 0 aliphatic rings. The monoisotopic (exact) mass is 278 g/mol. The summed E-state index contributed by atoms with van der Waals surface area (Å²) < 4.78 is 2.67. The minimum absolute atomic E-state index is 0.0171. The van der Waals surface area contributed by atoms with E-state index in [4.69, 9.17) is 0 Å². The number of aromatic nitrogens is 2. The van der Waals surface area contributed by atoms with Crippen LogP contribution in [0.3, 0.4) is 0 Å². The second-order valence-corrected chi connectivity index (χ2v) is 4.53. The predicted octanol–water partition coefficient (Wildman–Crippen LogP) is 3.15. The van der Waals surface area contributed by atoms with Crippen LogP contribution in [0.4, 0.5) is 0 Å². The maximum absolute atomic E-state index is 11.4. The van der Waals surface area contributed by atoms with Gasteiger partial charge in [0.1, 0.15) is 5.69 Å². The molecule has 0 atom stereocenters. The number of hydrogen-bond donors (Lipinski definition) is 0. The van der Waals surface area contributed by atoms with Crippen molar-refractivity contribution in [1.82, 2.24) is 9.78 Å². The van der Waals surface area contributed by atoms with Gasteiger partial charge in [0.05, 0.1) is 11.4 Å². The molecular weight excluding hydrogens is 268 g/mol. The van der Waals surface area contributed by atoms with E-state index in [9.17, 15) is 4.79 Å². The number of Topliss-reactive ketones (excluding diaryl/α,β-unsaturated/α-hetero) is 1. The zero-order valence-electron chi connectivity index (χ0n) is 9.07. The van der Waals surface area contributed by atoms with Crippen molar-refractivity contribution >= 4 is 21.7 Å². The molecule has 1 aromatic carbocycles. The Balaban J connectivity index is 2.55. The van der Waals surface area contributed by atoms with E-state index in [-0.39, 0.29) is 5.78 Å². The lowest BCUT2D eigenvalue weighted by Crippen LogP contribution is -2.05. The molecular formula is C12H11BrN2O. The van der Waals surface area contributed by atoms with Gasteiger partial charge in [0.2, 0.25) is 0 Å². The maximum Gasteiger partial charge on any atom is 0.178 e. The molecule has 0 saturated carbocycles. The first-order valence-electron chi connectivity index (χ1n) is 4.91. The number of rotatable bonds is 2. The maximum atomic E-state index is 11.4. The van der Waals surface area contributed by atoms with Crippen LogP contribution in [-0.2, 0) is 0 Å². The van der Waals surface area contributed by atoms with Gasteiger partial charge in [0.15, 0.2) is 5.78 Å². The molecule has 2 aromatic rings. The summed E-state index contributed by atoms with van der Waals surface area (Å²) in [7, 11) is 0. The molecule has 0 spiro atoms. The van der Waals surface area contributed by atoms with Crippen molar-refractivity contribution < 1.29 is 4.79 Å². The molecule has 0 radical (unpaired) electrons. The summed E-state index contributed by atoms with van der Waals surface area (Å²) in [6, 6.07) is 9.49. The van der Waals surface area contributed by atoms with E-state index >= 15 is 0 Å². The lowest BCUT2D eigenvalue weighted by atomic mass is 10.2. The molecule has 0 saturated heterocycles. The number of hydrogen-bond acceptors (Lipinski definition) is 2. The van der Waals surface area contributed by atoms with Crippen LogP contribution in [-0.4, -0.2) is 15.6 Å². The smallest absolute Gasteiger partial charge is 0.178 e. The van der Waals surface area contributed by atoms with Gasteiger partial charge in [-0.3, -0.25) is 4.79 Å². The van der Waals surface area contributed by atoms with Crippen LogP contribution >= 0.6 is 15.9 Å². The van der Waals surface area contributed by atoms with Crippen LogP contribution in [0.1, 0.15) is 23.1 Å². The van der Waals surface area contributed by atoms with Gasteiger partial charge in [-0.1, -0.05) is 15.9 Å². The molecule has 1 heterocycles. The second-order valence-electron chi connectivity index (χ2n) is 3.62. The van der Waals surface area contributed by atoms with Crippen LogP contribution < -0.4 is 0 Å². The average molecular weight is 279 g/mol. The second kappa shape index (κ2) is 4.22. The summed E-state index contributed by atoms with van der Waals surface area (Å²) >= 11 is 3.37. The Kier molecular flexibility index (Phi) is 2.92. The fourth-order valence-electron chi connectivity index (χ4n) is 1.53. The summed E-state index contributed by atoms with van der Waals surface area (Å²) in [4.78, 5) is 11.4. The van der Waals surface area contributed by atoms with Gasteiger partial charge in [-0.2, -0.15) is 5.10 Å². The van der Waals surface area contributed by atoms with Crippen molar-refractivity contribution in [3.05, 3.63) is 46.2 Å². The zero-order valence-corrected chi connectivity index (χ0v) is 10.7. The molecule has 0 unspecified atom stereocenters. The van der Waals surface area contributed by atoms with Crippen molar-refractivity contribution in [3.63, 3.8) is 0 Å². The van der Waals surface area contributed by atoms with E-state index < -0.39 is 0 Å². The van der Waals surface area contributed by atoms with Gasteiger partial charge in [-0.15, -0.1) is 0 Å². The Morgan fingerprint density at radius 2 is 1.94 bits per heavy atom. The van der Waals surface area contributed by atoms with Gasteiger partial charge >= 0.3 is 0 Å². The third-order valence-corrected chi connectivity index (χ3v) is 2.79. The third kappa shape index (κ3) is 2.07. The van der Waals surface area contributed by atoms with E-state index in [1.165, 1.54) is 0 Å². The summed E-state index contributed by atoms with van der Waals surface area (Å²) in [5.74, 6) is 0.0171. The average Bonchev–Trinajstić information content (AvgIpc) is 2.61.